The van der Waals surface area contributed by atoms with Gasteiger partial charge in [-0.05, 0) is 44.7 Å². The van der Waals surface area contributed by atoms with E-state index in [0.717, 1.165) is 36.2 Å². The first-order valence-corrected chi connectivity index (χ1v) is 7.92. The highest BCUT2D eigenvalue weighted by molar-refractivity contribution is 5.52. The van der Waals surface area contributed by atoms with Gasteiger partial charge in [-0.1, -0.05) is 17.7 Å². The summed E-state index contributed by atoms with van der Waals surface area (Å²) in [6, 6.07) is 6.27. The van der Waals surface area contributed by atoms with Gasteiger partial charge in [-0.15, -0.1) is 0 Å². The lowest BCUT2D eigenvalue weighted by molar-refractivity contribution is 0.839. The highest BCUT2D eigenvalue weighted by Crippen LogP contribution is 2.18. The van der Waals surface area contributed by atoms with E-state index in [0.29, 0.717) is 18.1 Å². The second kappa shape index (κ2) is 5.22. The number of aryl methyl sites for hydroxylation is 3. The van der Waals surface area contributed by atoms with Crippen molar-refractivity contribution < 1.29 is 0 Å². The van der Waals surface area contributed by atoms with Gasteiger partial charge in [0.05, 0.1) is 12.2 Å². The molecule has 1 aliphatic carbocycles. The van der Waals surface area contributed by atoms with Crippen LogP contribution in [-0.4, -0.2) is 19.6 Å². The van der Waals surface area contributed by atoms with Gasteiger partial charge in [0.15, 0.2) is 0 Å². The number of aromatic nitrogens is 4. The van der Waals surface area contributed by atoms with Crippen LogP contribution in [0.1, 0.15) is 34.6 Å². The van der Waals surface area contributed by atoms with E-state index in [1.807, 2.05) is 0 Å². The number of rotatable bonds is 3. The van der Waals surface area contributed by atoms with E-state index < -0.39 is 0 Å². The molecule has 2 N–H and O–H groups in total. The van der Waals surface area contributed by atoms with Gasteiger partial charge in [-0.3, -0.25) is 9.89 Å². The molecule has 0 atom stereocenters. The summed E-state index contributed by atoms with van der Waals surface area (Å²) < 4.78 is 1.46. The molecular weight excluding hydrogens is 290 g/mol. The van der Waals surface area contributed by atoms with Crippen LogP contribution in [-0.2, 0) is 19.4 Å². The molecule has 0 spiro atoms. The van der Waals surface area contributed by atoms with Gasteiger partial charge in [0, 0.05) is 11.3 Å². The minimum Gasteiger partial charge on any atom is -0.378 e. The molecule has 4 rings (SSSR count). The van der Waals surface area contributed by atoms with Crippen LogP contribution >= 0.6 is 0 Å². The fourth-order valence-electron chi connectivity index (χ4n) is 3.20. The van der Waals surface area contributed by atoms with Crippen LogP contribution in [0.2, 0.25) is 0 Å². The van der Waals surface area contributed by atoms with E-state index in [4.69, 9.17) is 0 Å². The lowest BCUT2D eigenvalue weighted by atomic mass is 10.1. The minimum atomic E-state index is -0.00670. The molecule has 0 radical (unpaired) electrons. The third-order valence-electron chi connectivity index (χ3n) is 4.39. The first kappa shape index (κ1) is 14.0. The van der Waals surface area contributed by atoms with E-state index in [9.17, 15) is 4.79 Å². The van der Waals surface area contributed by atoms with Crippen molar-refractivity contribution in [2.75, 3.05) is 5.32 Å². The first-order chi connectivity index (χ1) is 11.1. The van der Waals surface area contributed by atoms with Crippen LogP contribution in [0.25, 0.3) is 5.78 Å². The molecule has 2 aromatic heterocycles. The van der Waals surface area contributed by atoms with Crippen molar-refractivity contribution in [1.29, 1.82) is 0 Å². The smallest absolute Gasteiger partial charge is 0.277 e. The molecule has 23 heavy (non-hydrogen) atoms. The number of nitrogens with zero attached hydrogens (tertiary/aromatic N) is 3. The average molecular weight is 309 g/mol. The lowest BCUT2D eigenvalue weighted by Gasteiger charge is -2.08. The normalized spacial score (nSPS) is 13.5. The standard InChI is InChI=1S/C17H19N5O/c1-10-6-7-13(11(2)8-10)18-9-15-20-17-19-14-5-3-4-12(14)16(23)22(17)21-15/h6-8,18H,3-5,9H2,1-2H3,(H,19,20,21). The Hall–Kier alpha value is -2.63. The van der Waals surface area contributed by atoms with Crippen LogP contribution < -0.4 is 10.9 Å². The van der Waals surface area contributed by atoms with Crippen LogP contribution in [0, 0.1) is 13.8 Å². The Bertz CT molecular complexity index is 954. The summed E-state index contributed by atoms with van der Waals surface area (Å²) in [5.74, 6) is 1.17. The highest BCUT2D eigenvalue weighted by atomic mass is 16.1. The fraction of sp³-hybridized carbons (Fsp3) is 0.353. The van der Waals surface area contributed by atoms with Crippen LogP contribution in [0.15, 0.2) is 23.0 Å². The monoisotopic (exact) mass is 309 g/mol. The summed E-state index contributed by atoms with van der Waals surface area (Å²) >= 11 is 0. The second-order valence-electron chi connectivity index (χ2n) is 6.17. The molecule has 0 aliphatic heterocycles. The molecular formula is C17H19N5O. The summed E-state index contributed by atoms with van der Waals surface area (Å²) in [6.07, 6.45) is 2.70. The van der Waals surface area contributed by atoms with Crippen LogP contribution in [0.4, 0.5) is 5.69 Å². The van der Waals surface area contributed by atoms with Gasteiger partial charge in [-0.25, -0.2) is 4.98 Å². The molecule has 0 saturated heterocycles. The minimum absolute atomic E-state index is 0.00670. The predicted octanol–water partition coefficient (Wildman–Crippen LogP) is 2.14. The SMILES string of the molecule is Cc1ccc(NCc2nc3nc4c(c(=O)n3[nH]2)CCC4)c(C)c1. The number of nitrogens with one attached hydrogen (secondary N) is 2. The summed E-state index contributed by atoms with van der Waals surface area (Å²) in [5, 5.41) is 6.42. The fourth-order valence-corrected chi connectivity index (χ4v) is 3.20. The zero-order valence-corrected chi connectivity index (χ0v) is 13.3. The Morgan fingerprint density at radius 1 is 1.26 bits per heavy atom. The summed E-state index contributed by atoms with van der Waals surface area (Å²) in [6.45, 7) is 4.68. The molecule has 1 aliphatic rings. The number of aromatic amines is 1. The van der Waals surface area contributed by atoms with E-state index in [2.05, 4.69) is 52.4 Å². The van der Waals surface area contributed by atoms with Crippen LogP contribution in [0.3, 0.4) is 0 Å². The Morgan fingerprint density at radius 3 is 2.96 bits per heavy atom. The second-order valence-corrected chi connectivity index (χ2v) is 6.17. The van der Waals surface area contributed by atoms with E-state index in [-0.39, 0.29) is 5.56 Å². The topological polar surface area (TPSA) is 75.1 Å². The third kappa shape index (κ3) is 2.40. The van der Waals surface area contributed by atoms with Gasteiger partial charge in [0.2, 0.25) is 0 Å². The molecule has 3 aromatic rings. The summed E-state index contributed by atoms with van der Waals surface area (Å²) in [7, 11) is 0. The van der Waals surface area contributed by atoms with Crippen molar-refractivity contribution in [3.8, 4) is 0 Å². The Kier molecular flexibility index (Phi) is 3.18. The molecule has 6 nitrogen and oxygen atoms in total. The maximum absolute atomic E-state index is 12.4. The average Bonchev–Trinajstić information content (AvgIpc) is 3.13. The number of fused-ring (bicyclic) bond motifs is 2. The van der Waals surface area contributed by atoms with Crippen molar-refractivity contribution in [1.82, 2.24) is 19.6 Å². The molecule has 0 amide bonds. The predicted molar refractivity (Wildman–Crippen MR) is 88.9 cm³/mol. The third-order valence-corrected chi connectivity index (χ3v) is 4.39. The van der Waals surface area contributed by atoms with Gasteiger partial charge in [-0.2, -0.15) is 9.50 Å². The van der Waals surface area contributed by atoms with Gasteiger partial charge < -0.3 is 5.32 Å². The van der Waals surface area contributed by atoms with Crippen molar-refractivity contribution in [3.63, 3.8) is 0 Å². The largest absolute Gasteiger partial charge is 0.378 e. The number of benzene rings is 1. The van der Waals surface area contributed by atoms with Gasteiger partial charge in [0.25, 0.3) is 11.3 Å². The highest BCUT2D eigenvalue weighted by Gasteiger charge is 2.19. The van der Waals surface area contributed by atoms with Crippen LogP contribution in [0.5, 0.6) is 0 Å². The maximum Gasteiger partial charge on any atom is 0.277 e. The van der Waals surface area contributed by atoms with E-state index in [1.165, 1.54) is 15.6 Å². The van der Waals surface area contributed by atoms with Crippen molar-refractivity contribution in [2.45, 2.75) is 39.7 Å². The zero-order valence-electron chi connectivity index (χ0n) is 13.3. The summed E-state index contributed by atoms with van der Waals surface area (Å²) in [5.41, 5.74) is 5.24. The van der Waals surface area contributed by atoms with E-state index >= 15 is 0 Å². The zero-order chi connectivity index (χ0) is 16.0. The molecule has 118 valence electrons. The van der Waals surface area contributed by atoms with Crippen molar-refractivity contribution in [3.05, 3.63) is 56.8 Å². The Labute approximate surface area is 133 Å². The number of hydrogen-bond donors (Lipinski definition) is 2. The van der Waals surface area contributed by atoms with E-state index in [1.54, 1.807) is 0 Å². The van der Waals surface area contributed by atoms with Gasteiger partial charge in [0.1, 0.15) is 5.82 Å². The molecule has 2 heterocycles. The molecule has 0 saturated carbocycles. The molecule has 0 bridgehead atoms. The van der Waals surface area contributed by atoms with Crippen molar-refractivity contribution >= 4 is 11.5 Å². The molecule has 1 aromatic carbocycles. The van der Waals surface area contributed by atoms with Crippen molar-refractivity contribution in [2.24, 2.45) is 0 Å². The molecule has 6 heteroatoms. The lowest BCUT2D eigenvalue weighted by Crippen LogP contribution is -2.20. The summed E-state index contributed by atoms with van der Waals surface area (Å²) in [4.78, 5) is 21.4. The van der Waals surface area contributed by atoms with Gasteiger partial charge >= 0.3 is 0 Å². The molecule has 0 unspecified atom stereocenters. The quantitative estimate of drug-likeness (QED) is 0.777. The molecule has 0 fully saturated rings. The Morgan fingerprint density at radius 2 is 2.13 bits per heavy atom. The number of H-pyrrole nitrogens is 1. The number of anilines is 1. The number of hydrogen-bond acceptors (Lipinski definition) is 4. The first-order valence-electron chi connectivity index (χ1n) is 7.92. The maximum atomic E-state index is 12.4. The Balaban J connectivity index is 1.63.